The topological polar surface area (TPSA) is 68.2 Å². The summed E-state index contributed by atoms with van der Waals surface area (Å²) in [6.07, 6.45) is -2.37. The van der Waals surface area contributed by atoms with Gasteiger partial charge in [0.2, 0.25) is 0 Å². The molecule has 4 aromatic rings. The van der Waals surface area contributed by atoms with E-state index in [0.29, 0.717) is 5.56 Å². The second-order valence-corrected chi connectivity index (χ2v) is 13.1. The van der Waals surface area contributed by atoms with E-state index >= 15 is 0 Å². The number of hydrogen-bond donors (Lipinski definition) is 1. The van der Waals surface area contributed by atoms with E-state index in [9.17, 15) is 26.4 Å². The Morgan fingerprint density at radius 1 is 1.00 bits per heavy atom. The number of halogens is 3. The van der Waals surface area contributed by atoms with Crippen molar-refractivity contribution in [3.05, 3.63) is 101 Å². The summed E-state index contributed by atoms with van der Waals surface area (Å²) in [6.45, 7) is 1.59. The highest BCUT2D eigenvalue weighted by Gasteiger charge is 2.34. The maximum absolute atomic E-state index is 13.6. The largest absolute Gasteiger partial charge is 0.416 e. The number of rotatable bonds is 8. The summed E-state index contributed by atoms with van der Waals surface area (Å²) in [5, 5.41) is 3.04. The van der Waals surface area contributed by atoms with Gasteiger partial charge >= 0.3 is 6.18 Å². The number of alkyl halides is 3. The fraction of sp³-hybridized carbons (Fsp3) is 0.276. The Labute approximate surface area is 233 Å². The zero-order chi connectivity index (χ0) is 28.9. The molecule has 1 aromatic heterocycles. The minimum atomic E-state index is -4.43. The highest BCUT2D eigenvalue weighted by atomic mass is 32.2. The molecule has 5 nitrogen and oxygen atoms in total. The SMILES string of the molecule is BC(B)(NC(=O)c1ccc2c(c1)cc(Cc1ccccc1C(F)(F)F)n2C1CC1)c1ccc(S(=O)(=O)CC)cc1. The second kappa shape index (κ2) is 10.2. The average molecular weight is 564 g/mol. The molecule has 11 heteroatoms. The molecule has 206 valence electrons. The molecular weight excluding hydrogens is 535 g/mol. The van der Waals surface area contributed by atoms with Crippen LogP contribution >= 0.6 is 0 Å². The predicted molar refractivity (Wildman–Crippen MR) is 155 cm³/mol. The second-order valence-electron chi connectivity index (χ2n) is 10.8. The zero-order valence-corrected chi connectivity index (χ0v) is 23.4. The van der Waals surface area contributed by atoms with Crippen LogP contribution in [0.15, 0.2) is 77.7 Å². The molecule has 40 heavy (non-hydrogen) atoms. The molecule has 0 atom stereocenters. The normalized spacial score (nSPS) is 14.4. The van der Waals surface area contributed by atoms with Gasteiger partial charge in [0.1, 0.15) is 15.7 Å². The number of nitrogens with one attached hydrogen (secondary N) is 1. The molecule has 0 saturated heterocycles. The van der Waals surface area contributed by atoms with Crippen molar-refractivity contribution >= 4 is 42.3 Å². The molecule has 1 aliphatic carbocycles. The highest BCUT2D eigenvalue weighted by molar-refractivity contribution is 7.91. The van der Waals surface area contributed by atoms with E-state index in [1.807, 2.05) is 27.8 Å². The van der Waals surface area contributed by atoms with Crippen LogP contribution in [0.25, 0.3) is 10.9 Å². The van der Waals surface area contributed by atoms with Crippen molar-refractivity contribution in [2.45, 2.75) is 48.6 Å². The molecule has 5 rings (SSSR count). The standard InChI is InChI=1S/C29H29B2F3N2O3S/c1-2-40(38,39)24-12-8-21(9-13-24)28(30,31)35-27(37)19-7-14-26-20(15-19)17-23(36(26)22-10-11-22)16-18-5-3-4-6-25(18)29(32,33)34/h3-9,12-15,17,22H,2,10-11,16,30-31H2,1H3,(H,35,37). The lowest BCUT2D eigenvalue weighted by molar-refractivity contribution is -0.138. The molecule has 1 heterocycles. The minimum absolute atomic E-state index is 0.00792. The monoisotopic (exact) mass is 564 g/mol. The van der Waals surface area contributed by atoms with Crippen molar-refractivity contribution in [1.82, 2.24) is 9.88 Å². The lowest BCUT2D eigenvalue weighted by atomic mass is 9.58. The summed E-state index contributed by atoms with van der Waals surface area (Å²) < 4.78 is 67.3. The number of amides is 1. The minimum Gasteiger partial charge on any atom is -0.358 e. The Morgan fingerprint density at radius 3 is 2.30 bits per heavy atom. The first-order valence-corrected chi connectivity index (χ1v) is 14.9. The smallest absolute Gasteiger partial charge is 0.358 e. The molecule has 3 aromatic carbocycles. The van der Waals surface area contributed by atoms with Crippen LogP contribution in [0.5, 0.6) is 0 Å². The number of carbonyl (C=O) groups excluding carboxylic acids is 1. The molecular formula is C29H29B2F3N2O3S. The number of sulfone groups is 1. The molecule has 0 unspecified atom stereocenters. The van der Waals surface area contributed by atoms with Crippen molar-refractivity contribution in [3.8, 4) is 0 Å². The van der Waals surface area contributed by atoms with Gasteiger partial charge in [-0.15, -0.1) is 0 Å². The molecule has 0 radical (unpaired) electrons. The van der Waals surface area contributed by atoms with Crippen molar-refractivity contribution in [3.63, 3.8) is 0 Å². The predicted octanol–water partition coefficient (Wildman–Crippen LogP) is 4.19. The molecule has 1 aliphatic rings. The molecule has 0 aliphatic heterocycles. The first kappa shape index (κ1) is 28.1. The number of carbonyl (C=O) groups is 1. The summed E-state index contributed by atoms with van der Waals surface area (Å²) in [7, 11) is 0.354. The summed E-state index contributed by atoms with van der Waals surface area (Å²) in [4.78, 5) is 13.5. The van der Waals surface area contributed by atoms with Crippen LogP contribution in [0.4, 0.5) is 13.2 Å². The first-order chi connectivity index (χ1) is 18.8. The van der Waals surface area contributed by atoms with E-state index in [4.69, 9.17) is 0 Å². The summed E-state index contributed by atoms with van der Waals surface area (Å²) in [5.74, 6) is -0.297. The van der Waals surface area contributed by atoms with Gasteiger partial charge in [-0.1, -0.05) is 37.3 Å². The van der Waals surface area contributed by atoms with Crippen LogP contribution in [-0.2, 0) is 27.8 Å². The van der Waals surface area contributed by atoms with E-state index in [0.717, 1.165) is 41.1 Å². The van der Waals surface area contributed by atoms with Gasteiger partial charge in [-0.05, 0) is 66.4 Å². The van der Waals surface area contributed by atoms with E-state index in [-0.39, 0.29) is 34.6 Å². The van der Waals surface area contributed by atoms with Crippen molar-refractivity contribution in [1.29, 1.82) is 0 Å². The lowest BCUT2D eigenvalue weighted by Gasteiger charge is -2.27. The van der Waals surface area contributed by atoms with Crippen LogP contribution < -0.4 is 5.32 Å². The number of aromatic nitrogens is 1. The Kier molecular flexibility index (Phi) is 7.15. The van der Waals surface area contributed by atoms with Gasteiger partial charge < -0.3 is 9.88 Å². The Hall–Kier alpha value is -3.46. The molecule has 0 spiro atoms. The third kappa shape index (κ3) is 5.57. The van der Waals surface area contributed by atoms with Crippen LogP contribution in [-0.4, -0.2) is 40.3 Å². The molecule has 1 amide bonds. The van der Waals surface area contributed by atoms with Gasteiger partial charge in [-0.25, -0.2) is 8.42 Å². The Balaban J connectivity index is 1.42. The number of benzene rings is 3. The van der Waals surface area contributed by atoms with Gasteiger partial charge in [-0.2, -0.15) is 13.2 Å². The number of fused-ring (bicyclic) bond motifs is 1. The third-order valence-corrected chi connectivity index (χ3v) is 9.28. The highest BCUT2D eigenvalue weighted by Crippen LogP contribution is 2.41. The molecule has 1 fully saturated rings. The first-order valence-electron chi connectivity index (χ1n) is 13.2. The number of nitrogens with zero attached hydrogens (tertiary/aromatic N) is 1. The lowest BCUT2D eigenvalue weighted by Crippen LogP contribution is -2.47. The third-order valence-electron chi connectivity index (χ3n) is 7.53. The van der Waals surface area contributed by atoms with Crippen LogP contribution in [0.1, 0.15) is 58.5 Å². The van der Waals surface area contributed by atoms with Crippen molar-refractivity contribution < 1.29 is 26.4 Å². The maximum Gasteiger partial charge on any atom is 0.416 e. The number of hydrogen-bond acceptors (Lipinski definition) is 3. The molecule has 0 bridgehead atoms. The Morgan fingerprint density at radius 2 is 1.68 bits per heavy atom. The zero-order valence-electron chi connectivity index (χ0n) is 22.5. The fourth-order valence-electron chi connectivity index (χ4n) is 5.15. The van der Waals surface area contributed by atoms with Crippen molar-refractivity contribution in [2.75, 3.05) is 5.75 Å². The van der Waals surface area contributed by atoms with Gasteiger partial charge in [0.05, 0.1) is 16.2 Å². The molecule has 1 saturated carbocycles. The van der Waals surface area contributed by atoms with Crippen LogP contribution in [0.2, 0.25) is 0 Å². The summed E-state index contributed by atoms with van der Waals surface area (Å²) >= 11 is 0. The Bertz CT molecular complexity index is 1690. The fourth-order valence-corrected chi connectivity index (χ4v) is 6.04. The summed E-state index contributed by atoms with van der Waals surface area (Å²) in [6, 6.07) is 19.6. The van der Waals surface area contributed by atoms with Gasteiger partial charge in [0.15, 0.2) is 9.84 Å². The van der Waals surface area contributed by atoms with Gasteiger partial charge in [0.25, 0.3) is 5.91 Å². The van der Waals surface area contributed by atoms with E-state index in [2.05, 4.69) is 9.88 Å². The maximum atomic E-state index is 13.6. The van der Waals surface area contributed by atoms with E-state index in [1.54, 1.807) is 49.4 Å². The summed E-state index contributed by atoms with van der Waals surface area (Å²) in [5.41, 5.74) is 2.45. The van der Waals surface area contributed by atoms with Gasteiger partial charge in [0, 0.05) is 40.0 Å². The van der Waals surface area contributed by atoms with Gasteiger partial charge in [-0.3, -0.25) is 4.79 Å². The van der Waals surface area contributed by atoms with Crippen LogP contribution in [0, 0.1) is 0 Å². The van der Waals surface area contributed by atoms with Crippen molar-refractivity contribution in [2.24, 2.45) is 0 Å². The van der Waals surface area contributed by atoms with E-state index < -0.39 is 26.9 Å². The van der Waals surface area contributed by atoms with E-state index in [1.165, 1.54) is 12.1 Å². The molecule has 1 N–H and O–H groups in total. The quantitative estimate of drug-likeness (QED) is 0.327. The average Bonchev–Trinajstić information content (AvgIpc) is 3.68. The van der Waals surface area contributed by atoms with Crippen LogP contribution in [0.3, 0.4) is 0 Å².